The highest BCUT2D eigenvalue weighted by Gasteiger charge is 2.21. The van der Waals surface area contributed by atoms with Crippen molar-refractivity contribution in [3.63, 3.8) is 0 Å². The number of nitro groups is 1. The molecule has 0 aromatic heterocycles. The molecule has 0 aliphatic heterocycles. The van der Waals surface area contributed by atoms with Crippen molar-refractivity contribution in [2.24, 2.45) is 0 Å². The van der Waals surface area contributed by atoms with Gasteiger partial charge in [-0.25, -0.2) is 4.79 Å². The van der Waals surface area contributed by atoms with E-state index in [1.165, 1.54) is 12.1 Å². The van der Waals surface area contributed by atoms with E-state index in [2.05, 4.69) is 0 Å². The number of aryl methyl sites for hydroxylation is 1. The molecule has 0 heterocycles. The molecule has 0 saturated carbocycles. The smallest absolute Gasteiger partial charge is 0.345 e. The number of nitrogens with zero attached hydrogens (tertiary/aromatic N) is 1. The van der Waals surface area contributed by atoms with Crippen LogP contribution >= 0.6 is 0 Å². The fourth-order valence-corrected chi connectivity index (χ4v) is 1.25. The number of nitro benzene ring substituents is 1. The molecule has 0 saturated heterocycles. The molecular formula is C11H13NO4. The van der Waals surface area contributed by atoms with E-state index in [9.17, 15) is 14.9 Å². The molecule has 0 fully saturated rings. The van der Waals surface area contributed by atoms with Crippen LogP contribution in [0, 0.1) is 17.0 Å². The lowest BCUT2D eigenvalue weighted by molar-refractivity contribution is -0.385. The highest BCUT2D eigenvalue weighted by Crippen LogP contribution is 2.21. The molecule has 1 aromatic rings. The molecule has 5 nitrogen and oxygen atoms in total. The van der Waals surface area contributed by atoms with Gasteiger partial charge < -0.3 is 4.74 Å². The van der Waals surface area contributed by atoms with Crippen molar-refractivity contribution in [2.45, 2.75) is 26.9 Å². The van der Waals surface area contributed by atoms with Gasteiger partial charge in [-0.1, -0.05) is 6.07 Å². The van der Waals surface area contributed by atoms with Gasteiger partial charge in [0.1, 0.15) is 5.56 Å². The Labute approximate surface area is 93.2 Å². The van der Waals surface area contributed by atoms with Gasteiger partial charge in [0.15, 0.2) is 0 Å². The molecule has 1 rings (SSSR count). The maximum absolute atomic E-state index is 11.6. The van der Waals surface area contributed by atoms with Crippen LogP contribution in [0.3, 0.4) is 0 Å². The second kappa shape index (κ2) is 4.74. The van der Waals surface area contributed by atoms with E-state index >= 15 is 0 Å². The molecule has 0 aliphatic carbocycles. The fraction of sp³-hybridized carbons (Fsp3) is 0.364. The van der Waals surface area contributed by atoms with Crippen LogP contribution in [0.25, 0.3) is 0 Å². The van der Waals surface area contributed by atoms with Crippen LogP contribution < -0.4 is 0 Å². The molecule has 0 unspecified atom stereocenters. The number of ether oxygens (including phenoxy) is 1. The minimum Gasteiger partial charge on any atom is -0.459 e. The SMILES string of the molecule is Cc1ccc([N+](=O)[O-])c(C(=O)OC(C)C)c1. The van der Waals surface area contributed by atoms with Gasteiger partial charge in [0.05, 0.1) is 11.0 Å². The van der Waals surface area contributed by atoms with Crippen LogP contribution in [0.1, 0.15) is 29.8 Å². The normalized spacial score (nSPS) is 10.2. The van der Waals surface area contributed by atoms with E-state index in [1.54, 1.807) is 26.8 Å². The lowest BCUT2D eigenvalue weighted by Crippen LogP contribution is -2.13. The zero-order chi connectivity index (χ0) is 12.3. The third-order valence-corrected chi connectivity index (χ3v) is 1.91. The summed E-state index contributed by atoms with van der Waals surface area (Å²) in [5, 5.41) is 10.7. The molecular weight excluding hydrogens is 210 g/mol. The number of benzene rings is 1. The Hall–Kier alpha value is -1.91. The maximum atomic E-state index is 11.6. The van der Waals surface area contributed by atoms with E-state index in [0.717, 1.165) is 5.56 Å². The zero-order valence-corrected chi connectivity index (χ0v) is 9.39. The highest BCUT2D eigenvalue weighted by molar-refractivity contribution is 5.94. The number of carbonyl (C=O) groups excluding carboxylic acids is 1. The van der Waals surface area contributed by atoms with Crippen molar-refractivity contribution in [2.75, 3.05) is 0 Å². The second-order valence-electron chi connectivity index (χ2n) is 3.73. The molecule has 0 spiro atoms. The van der Waals surface area contributed by atoms with E-state index in [-0.39, 0.29) is 17.4 Å². The van der Waals surface area contributed by atoms with Gasteiger partial charge in [-0.15, -0.1) is 0 Å². The fourth-order valence-electron chi connectivity index (χ4n) is 1.25. The Morgan fingerprint density at radius 1 is 1.44 bits per heavy atom. The molecule has 0 amide bonds. The van der Waals surface area contributed by atoms with Crippen molar-refractivity contribution in [1.29, 1.82) is 0 Å². The average Bonchev–Trinajstić information content (AvgIpc) is 2.15. The summed E-state index contributed by atoms with van der Waals surface area (Å²) in [4.78, 5) is 21.7. The summed E-state index contributed by atoms with van der Waals surface area (Å²) in [6.07, 6.45) is -0.299. The summed E-state index contributed by atoms with van der Waals surface area (Å²) in [6, 6.07) is 4.36. The quantitative estimate of drug-likeness (QED) is 0.448. The predicted octanol–water partition coefficient (Wildman–Crippen LogP) is 2.47. The monoisotopic (exact) mass is 223 g/mol. The number of carbonyl (C=O) groups is 1. The van der Waals surface area contributed by atoms with Crippen LogP contribution in [0.5, 0.6) is 0 Å². The largest absolute Gasteiger partial charge is 0.459 e. The number of hydrogen-bond acceptors (Lipinski definition) is 4. The third-order valence-electron chi connectivity index (χ3n) is 1.91. The summed E-state index contributed by atoms with van der Waals surface area (Å²) >= 11 is 0. The first-order valence-corrected chi connectivity index (χ1v) is 4.88. The van der Waals surface area contributed by atoms with Gasteiger partial charge in [0, 0.05) is 6.07 Å². The minimum absolute atomic E-state index is 0.00120. The molecule has 86 valence electrons. The number of esters is 1. The van der Waals surface area contributed by atoms with Crippen molar-refractivity contribution in [3.8, 4) is 0 Å². The first kappa shape index (κ1) is 12.2. The first-order valence-electron chi connectivity index (χ1n) is 4.88. The summed E-state index contributed by atoms with van der Waals surface area (Å²) in [7, 11) is 0. The molecule has 0 aliphatic rings. The van der Waals surface area contributed by atoms with Gasteiger partial charge in [-0.3, -0.25) is 10.1 Å². The number of hydrogen-bond donors (Lipinski definition) is 0. The molecule has 0 radical (unpaired) electrons. The first-order chi connectivity index (χ1) is 7.41. The Kier molecular flexibility index (Phi) is 3.60. The highest BCUT2D eigenvalue weighted by atomic mass is 16.6. The van der Waals surface area contributed by atoms with Crippen molar-refractivity contribution >= 4 is 11.7 Å². The van der Waals surface area contributed by atoms with Gasteiger partial charge in [-0.2, -0.15) is 0 Å². The van der Waals surface area contributed by atoms with Crippen LogP contribution in [0.15, 0.2) is 18.2 Å². The molecule has 0 atom stereocenters. The minimum atomic E-state index is -0.662. The van der Waals surface area contributed by atoms with E-state index in [1.807, 2.05) is 0 Å². The van der Waals surface area contributed by atoms with Crippen LogP contribution in [-0.4, -0.2) is 17.0 Å². The standard InChI is InChI=1S/C11H13NO4/c1-7(2)16-11(13)9-6-8(3)4-5-10(9)12(14)15/h4-7H,1-3H3. The van der Waals surface area contributed by atoms with E-state index in [0.29, 0.717) is 0 Å². The van der Waals surface area contributed by atoms with E-state index < -0.39 is 10.9 Å². The van der Waals surface area contributed by atoms with Gasteiger partial charge in [-0.05, 0) is 32.4 Å². The molecule has 16 heavy (non-hydrogen) atoms. The maximum Gasteiger partial charge on any atom is 0.345 e. The molecule has 0 bridgehead atoms. The number of rotatable bonds is 3. The molecule has 5 heteroatoms. The Balaban J connectivity index is 3.14. The van der Waals surface area contributed by atoms with Crippen molar-refractivity contribution in [1.82, 2.24) is 0 Å². The molecule has 1 aromatic carbocycles. The summed E-state index contributed by atoms with van der Waals surface area (Å²) in [5.74, 6) is -0.662. The molecule has 0 N–H and O–H groups in total. The van der Waals surface area contributed by atoms with Crippen LogP contribution in [0.4, 0.5) is 5.69 Å². The van der Waals surface area contributed by atoms with Crippen molar-refractivity contribution in [3.05, 3.63) is 39.4 Å². The third kappa shape index (κ3) is 2.79. The van der Waals surface area contributed by atoms with Gasteiger partial charge >= 0.3 is 5.97 Å². The van der Waals surface area contributed by atoms with E-state index in [4.69, 9.17) is 4.74 Å². The topological polar surface area (TPSA) is 69.4 Å². The second-order valence-corrected chi connectivity index (χ2v) is 3.73. The summed E-state index contributed by atoms with van der Waals surface area (Å²) < 4.78 is 4.94. The zero-order valence-electron chi connectivity index (χ0n) is 9.39. The lowest BCUT2D eigenvalue weighted by Gasteiger charge is -2.08. The van der Waals surface area contributed by atoms with Gasteiger partial charge in [0.25, 0.3) is 5.69 Å². The lowest BCUT2D eigenvalue weighted by atomic mass is 10.1. The average molecular weight is 223 g/mol. The Morgan fingerprint density at radius 2 is 2.06 bits per heavy atom. The summed E-state index contributed by atoms with van der Waals surface area (Å²) in [6.45, 7) is 5.15. The predicted molar refractivity (Wildman–Crippen MR) is 58.4 cm³/mol. The Morgan fingerprint density at radius 3 is 2.56 bits per heavy atom. The van der Waals surface area contributed by atoms with Crippen molar-refractivity contribution < 1.29 is 14.5 Å². The van der Waals surface area contributed by atoms with Crippen LogP contribution in [0.2, 0.25) is 0 Å². The summed E-state index contributed by atoms with van der Waals surface area (Å²) in [5.41, 5.74) is 0.552. The van der Waals surface area contributed by atoms with Crippen LogP contribution in [-0.2, 0) is 4.74 Å². The van der Waals surface area contributed by atoms with Gasteiger partial charge in [0.2, 0.25) is 0 Å². The Bertz CT molecular complexity index is 426.